The minimum Gasteiger partial charge on any atom is -0.496 e. The van der Waals surface area contributed by atoms with E-state index in [0.717, 1.165) is 22.7 Å². The Balaban J connectivity index is 2.60. The molecule has 0 bridgehead atoms. The number of hydrogen-bond donors (Lipinski definition) is 1. The molecule has 1 aromatic heterocycles. The fourth-order valence-corrected chi connectivity index (χ4v) is 1.87. The standard InChI is InChI=1S/C13H16N4O/c1-3-8-17-13(11(9-14)15-16-17)10-6-4-5-7-12(10)18-2/h3-7H,1,8-9,14H2,2H3. The summed E-state index contributed by atoms with van der Waals surface area (Å²) in [6, 6.07) is 7.74. The molecule has 1 heterocycles. The molecule has 18 heavy (non-hydrogen) atoms. The van der Waals surface area contributed by atoms with E-state index in [4.69, 9.17) is 10.5 Å². The fourth-order valence-electron chi connectivity index (χ4n) is 1.87. The fraction of sp³-hybridized carbons (Fsp3) is 0.231. The Morgan fingerprint density at radius 1 is 1.44 bits per heavy atom. The van der Waals surface area contributed by atoms with Gasteiger partial charge in [0.25, 0.3) is 0 Å². The molecule has 2 N–H and O–H groups in total. The zero-order chi connectivity index (χ0) is 13.0. The first-order valence-electron chi connectivity index (χ1n) is 5.68. The SMILES string of the molecule is C=CCn1nnc(CN)c1-c1ccccc1OC. The second-order valence-corrected chi connectivity index (χ2v) is 3.76. The van der Waals surface area contributed by atoms with Crippen LogP contribution in [-0.4, -0.2) is 22.1 Å². The average molecular weight is 244 g/mol. The van der Waals surface area contributed by atoms with Crippen LogP contribution in [0, 0.1) is 0 Å². The predicted molar refractivity (Wildman–Crippen MR) is 70.1 cm³/mol. The monoisotopic (exact) mass is 244 g/mol. The summed E-state index contributed by atoms with van der Waals surface area (Å²) in [6.07, 6.45) is 1.77. The van der Waals surface area contributed by atoms with Gasteiger partial charge in [-0.05, 0) is 12.1 Å². The van der Waals surface area contributed by atoms with Crippen molar-refractivity contribution in [3.05, 3.63) is 42.6 Å². The second kappa shape index (κ2) is 5.46. The van der Waals surface area contributed by atoms with Crippen molar-refractivity contribution >= 4 is 0 Å². The van der Waals surface area contributed by atoms with E-state index < -0.39 is 0 Å². The summed E-state index contributed by atoms with van der Waals surface area (Å²) in [5, 5.41) is 8.18. The first-order valence-corrected chi connectivity index (χ1v) is 5.68. The maximum atomic E-state index is 5.71. The first kappa shape index (κ1) is 12.3. The number of benzene rings is 1. The summed E-state index contributed by atoms with van der Waals surface area (Å²) in [6.45, 7) is 4.64. The molecule has 0 aliphatic rings. The lowest BCUT2D eigenvalue weighted by atomic mass is 10.1. The number of methoxy groups -OCH3 is 1. The lowest BCUT2D eigenvalue weighted by Gasteiger charge is -2.10. The number of ether oxygens (including phenoxy) is 1. The third kappa shape index (κ3) is 2.12. The van der Waals surface area contributed by atoms with Crippen LogP contribution in [0.2, 0.25) is 0 Å². The predicted octanol–water partition coefficient (Wildman–Crippen LogP) is 1.60. The normalized spacial score (nSPS) is 10.3. The summed E-state index contributed by atoms with van der Waals surface area (Å²) in [5.41, 5.74) is 8.28. The van der Waals surface area contributed by atoms with Crippen molar-refractivity contribution in [2.24, 2.45) is 5.73 Å². The minimum absolute atomic E-state index is 0.338. The van der Waals surface area contributed by atoms with Gasteiger partial charge in [0.05, 0.1) is 19.3 Å². The molecule has 0 aliphatic carbocycles. The van der Waals surface area contributed by atoms with Crippen molar-refractivity contribution in [2.75, 3.05) is 7.11 Å². The van der Waals surface area contributed by atoms with Gasteiger partial charge in [-0.3, -0.25) is 0 Å². The lowest BCUT2D eigenvalue weighted by molar-refractivity contribution is 0.416. The van der Waals surface area contributed by atoms with E-state index in [1.165, 1.54) is 0 Å². The van der Waals surface area contributed by atoms with Crippen LogP contribution in [-0.2, 0) is 13.1 Å². The van der Waals surface area contributed by atoms with Gasteiger partial charge in [0, 0.05) is 12.1 Å². The van der Waals surface area contributed by atoms with Crippen molar-refractivity contribution in [1.82, 2.24) is 15.0 Å². The van der Waals surface area contributed by atoms with Gasteiger partial charge in [0.1, 0.15) is 11.4 Å². The van der Waals surface area contributed by atoms with Gasteiger partial charge >= 0.3 is 0 Å². The Morgan fingerprint density at radius 3 is 2.89 bits per heavy atom. The molecule has 1 aromatic carbocycles. The molecule has 5 nitrogen and oxygen atoms in total. The zero-order valence-electron chi connectivity index (χ0n) is 10.3. The Labute approximate surface area is 106 Å². The van der Waals surface area contributed by atoms with Crippen LogP contribution in [0.1, 0.15) is 5.69 Å². The molecule has 0 saturated heterocycles. The molecule has 0 unspecified atom stereocenters. The Kier molecular flexibility index (Phi) is 3.74. The Morgan fingerprint density at radius 2 is 2.22 bits per heavy atom. The summed E-state index contributed by atoms with van der Waals surface area (Å²) in [7, 11) is 1.64. The molecular weight excluding hydrogens is 228 g/mol. The number of nitrogens with zero attached hydrogens (tertiary/aromatic N) is 3. The van der Waals surface area contributed by atoms with Crippen molar-refractivity contribution in [3.8, 4) is 17.0 Å². The first-order chi connectivity index (χ1) is 8.81. The molecule has 0 aliphatic heterocycles. The van der Waals surface area contributed by atoms with Crippen LogP contribution in [0.4, 0.5) is 0 Å². The summed E-state index contributed by atoms with van der Waals surface area (Å²) in [5.74, 6) is 0.778. The van der Waals surface area contributed by atoms with Gasteiger partial charge in [0.15, 0.2) is 0 Å². The number of allylic oxidation sites excluding steroid dienone is 1. The number of hydrogen-bond acceptors (Lipinski definition) is 4. The summed E-state index contributed by atoms with van der Waals surface area (Å²) >= 11 is 0. The van der Waals surface area contributed by atoms with Gasteiger partial charge in [-0.25, -0.2) is 4.68 Å². The second-order valence-electron chi connectivity index (χ2n) is 3.76. The highest BCUT2D eigenvalue weighted by atomic mass is 16.5. The third-order valence-corrected chi connectivity index (χ3v) is 2.66. The van der Waals surface area contributed by atoms with Crippen LogP contribution < -0.4 is 10.5 Å². The van der Waals surface area contributed by atoms with Crippen molar-refractivity contribution in [2.45, 2.75) is 13.1 Å². The van der Waals surface area contributed by atoms with Gasteiger partial charge in [-0.1, -0.05) is 23.4 Å². The van der Waals surface area contributed by atoms with Crippen LogP contribution in [0.15, 0.2) is 36.9 Å². The van der Waals surface area contributed by atoms with Gasteiger partial charge in [0.2, 0.25) is 0 Å². The van der Waals surface area contributed by atoms with Gasteiger partial charge in [-0.15, -0.1) is 11.7 Å². The van der Waals surface area contributed by atoms with E-state index in [1.54, 1.807) is 17.9 Å². The molecule has 5 heteroatoms. The minimum atomic E-state index is 0.338. The van der Waals surface area contributed by atoms with E-state index in [-0.39, 0.29) is 0 Å². The molecule has 0 atom stereocenters. The van der Waals surface area contributed by atoms with Crippen molar-refractivity contribution in [1.29, 1.82) is 0 Å². The average Bonchev–Trinajstić information content (AvgIpc) is 2.82. The van der Waals surface area contributed by atoms with E-state index in [2.05, 4.69) is 16.9 Å². The van der Waals surface area contributed by atoms with E-state index in [0.29, 0.717) is 13.1 Å². The maximum absolute atomic E-state index is 5.71. The smallest absolute Gasteiger partial charge is 0.128 e. The highest BCUT2D eigenvalue weighted by Gasteiger charge is 2.16. The number of aromatic nitrogens is 3. The lowest BCUT2D eigenvalue weighted by Crippen LogP contribution is -2.04. The van der Waals surface area contributed by atoms with Crippen LogP contribution in [0.5, 0.6) is 5.75 Å². The van der Waals surface area contributed by atoms with Crippen LogP contribution in [0.25, 0.3) is 11.3 Å². The molecule has 0 spiro atoms. The van der Waals surface area contributed by atoms with E-state index in [1.807, 2.05) is 24.3 Å². The molecule has 0 radical (unpaired) electrons. The highest BCUT2D eigenvalue weighted by Crippen LogP contribution is 2.31. The largest absolute Gasteiger partial charge is 0.496 e. The Hall–Kier alpha value is -2.14. The zero-order valence-corrected chi connectivity index (χ0v) is 10.3. The van der Waals surface area contributed by atoms with E-state index in [9.17, 15) is 0 Å². The molecule has 2 aromatic rings. The molecule has 94 valence electrons. The Bertz CT molecular complexity index is 548. The number of para-hydroxylation sites is 1. The number of rotatable bonds is 5. The molecule has 0 fully saturated rings. The van der Waals surface area contributed by atoms with Crippen molar-refractivity contribution in [3.63, 3.8) is 0 Å². The summed E-state index contributed by atoms with van der Waals surface area (Å²) in [4.78, 5) is 0. The van der Waals surface area contributed by atoms with Crippen LogP contribution in [0.3, 0.4) is 0 Å². The molecule has 0 amide bonds. The maximum Gasteiger partial charge on any atom is 0.128 e. The van der Waals surface area contributed by atoms with Crippen LogP contribution >= 0.6 is 0 Å². The molecule has 0 saturated carbocycles. The third-order valence-electron chi connectivity index (χ3n) is 2.66. The number of nitrogens with two attached hydrogens (primary N) is 1. The van der Waals surface area contributed by atoms with Crippen molar-refractivity contribution < 1.29 is 4.74 Å². The highest BCUT2D eigenvalue weighted by molar-refractivity contribution is 5.69. The van der Waals surface area contributed by atoms with Gasteiger partial charge < -0.3 is 10.5 Å². The summed E-state index contributed by atoms with van der Waals surface area (Å²) < 4.78 is 7.14. The van der Waals surface area contributed by atoms with Gasteiger partial charge in [-0.2, -0.15) is 0 Å². The van der Waals surface area contributed by atoms with E-state index >= 15 is 0 Å². The quantitative estimate of drug-likeness (QED) is 0.811. The topological polar surface area (TPSA) is 66.0 Å². The molecule has 2 rings (SSSR count). The molecular formula is C13H16N4O.